The van der Waals surface area contributed by atoms with Crippen molar-refractivity contribution in [3.8, 4) is 0 Å². The maximum Gasteiger partial charge on any atom is 0.292 e. The van der Waals surface area contributed by atoms with Gasteiger partial charge in [-0.1, -0.05) is 23.7 Å². The van der Waals surface area contributed by atoms with Gasteiger partial charge in [-0.25, -0.2) is 0 Å². The number of carbonyl (C=O) groups is 1. The average Bonchev–Trinajstić information content (AvgIpc) is 2.91. The standard InChI is InChI=1S/C14H11ClN2O3S/c1-16-10-4-2-9(8-11(10)17(19)20)3-5-12(18)13-6-7-14(15)21-13/h2-8,16H,1H3/b5-3+. The third-order valence-electron chi connectivity index (χ3n) is 2.73. The molecule has 21 heavy (non-hydrogen) atoms. The predicted octanol–water partition coefficient (Wildman–Crippen LogP) is 4.25. The fourth-order valence-corrected chi connectivity index (χ4v) is 2.68. The molecule has 1 aromatic heterocycles. The van der Waals surface area contributed by atoms with Gasteiger partial charge < -0.3 is 5.32 Å². The van der Waals surface area contributed by atoms with Crippen LogP contribution < -0.4 is 5.32 Å². The molecule has 0 bridgehead atoms. The predicted molar refractivity (Wildman–Crippen MR) is 85.3 cm³/mol. The van der Waals surface area contributed by atoms with Gasteiger partial charge in [0.15, 0.2) is 5.78 Å². The highest BCUT2D eigenvalue weighted by Gasteiger charge is 2.12. The number of halogens is 1. The van der Waals surface area contributed by atoms with Crippen LogP contribution in [0.4, 0.5) is 11.4 Å². The molecule has 7 heteroatoms. The Bertz CT molecular complexity index is 725. The fraction of sp³-hybridized carbons (Fsp3) is 0.0714. The van der Waals surface area contributed by atoms with E-state index in [0.29, 0.717) is 20.5 Å². The van der Waals surface area contributed by atoms with E-state index in [2.05, 4.69) is 5.32 Å². The highest BCUT2D eigenvalue weighted by molar-refractivity contribution is 7.18. The lowest BCUT2D eigenvalue weighted by molar-refractivity contribution is -0.383. The molecule has 0 fully saturated rings. The molecule has 0 saturated heterocycles. The third kappa shape index (κ3) is 3.68. The van der Waals surface area contributed by atoms with Crippen molar-refractivity contribution < 1.29 is 9.72 Å². The highest BCUT2D eigenvalue weighted by atomic mass is 35.5. The molecule has 0 aliphatic rings. The van der Waals surface area contributed by atoms with Gasteiger partial charge in [0.2, 0.25) is 0 Å². The van der Waals surface area contributed by atoms with Crippen molar-refractivity contribution >= 4 is 46.2 Å². The summed E-state index contributed by atoms with van der Waals surface area (Å²) in [7, 11) is 1.61. The number of allylic oxidation sites excluding steroid dienone is 1. The first kappa shape index (κ1) is 15.2. The van der Waals surface area contributed by atoms with E-state index in [-0.39, 0.29) is 11.5 Å². The molecule has 1 aromatic carbocycles. The van der Waals surface area contributed by atoms with Crippen LogP contribution in [0.2, 0.25) is 4.34 Å². The summed E-state index contributed by atoms with van der Waals surface area (Å²) in [5, 5.41) is 13.7. The second-order valence-electron chi connectivity index (χ2n) is 4.09. The van der Waals surface area contributed by atoms with Crippen molar-refractivity contribution in [3.05, 3.63) is 61.3 Å². The van der Waals surface area contributed by atoms with Crippen LogP contribution >= 0.6 is 22.9 Å². The Morgan fingerprint density at radius 2 is 2.14 bits per heavy atom. The fourth-order valence-electron chi connectivity index (χ4n) is 1.72. The number of carbonyl (C=O) groups excluding carboxylic acids is 1. The van der Waals surface area contributed by atoms with Crippen LogP contribution in [0.3, 0.4) is 0 Å². The third-order valence-corrected chi connectivity index (χ3v) is 3.98. The first-order valence-electron chi connectivity index (χ1n) is 5.95. The highest BCUT2D eigenvalue weighted by Crippen LogP contribution is 2.26. The van der Waals surface area contributed by atoms with Crippen LogP contribution in [-0.2, 0) is 0 Å². The van der Waals surface area contributed by atoms with E-state index in [9.17, 15) is 14.9 Å². The SMILES string of the molecule is CNc1ccc(/C=C/C(=O)c2ccc(Cl)s2)cc1[N+](=O)[O-]. The number of nitro groups is 1. The minimum Gasteiger partial charge on any atom is -0.383 e. The Kier molecular flexibility index (Phi) is 4.72. The minimum absolute atomic E-state index is 0.0359. The molecule has 0 unspecified atom stereocenters. The Labute approximate surface area is 130 Å². The molecule has 0 saturated carbocycles. The average molecular weight is 323 g/mol. The monoisotopic (exact) mass is 322 g/mol. The van der Waals surface area contributed by atoms with Gasteiger partial charge in [0.1, 0.15) is 5.69 Å². The van der Waals surface area contributed by atoms with Crippen LogP contribution in [0.25, 0.3) is 6.08 Å². The zero-order valence-corrected chi connectivity index (χ0v) is 12.6. The van der Waals surface area contributed by atoms with Gasteiger partial charge in [-0.2, -0.15) is 0 Å². The largest absolute Gasteiger partial charge is 0.383 e. The summed E-state index contributed by atoms with van der Waals surface area (Å²) in [6.07, 6.45) is 2.92. The number of hydrogen-bond donors (Lipinski definition) is 1. The minimum atomic E-state index is -0.468. The molecule has 5 nitrogen and oxygen atoms in total. The van der Waals surface area contributed by atoms with Crippen LogP contribution in [0.5, 0.6) is 0 Å². The van der Waals surface area contributed by atoms with E-state index in [1.165, 1.54) is 23.5 Å². The van der Waals surface area contributed by atoms with Gasteiger partial charge >= 0.3 is 0 Å². The number of benzene rings is 1. The van der Waals surface area contributed by atoms with Crippen LogP contribution in [-0.4, -0.2) is 17.8 Å². The summed E-state index contributed by atoms with van der Waals surface area (Å²) < 4.78 is 0.542. The zero-order valence-electron chi connectivity index (χ0n) is 11.0. The van der Waals surface area contributed by atoms with Crippen molar-refractivity contribution in [2.75, 3.05) is 12.4 Å². The molecule has 0 aliphatic carbocycles. The molecule has 2 rings (SSSR count). The molecule has 2 aromatic rings. The molecule has 0 radical (unpaired) electrons. The normalized spacial score (nSPS) is 10.8. The molecular formula is C14H11ClN2O3S. The van der Waals surface area contributed by atoms with Crippen LogP contribution in [0.1, 0.15) is 15.2 Å². The zero-order chi connectivity index (χ0) is 15.4. The smallest absolute Gasteiger partial charge is 0.292 e. The van der Waals surface area contributed by atoms with Crippen molar-refractivity contribution in [1.29, 1.82) is 0 Å². The van der Waals surface area contributed by atoms with Crippen molar-refractivity contribution in [1.82, 2.24) is 0 Å². The first-order valence-corrected chi connectivity index (χ1v) is 7.14. The quantitative estimate of drug-likeness (QED) is 0.386. The summed E-state index contributed by atoms with van der Waals surface area (Å²) in [5.74, 6) is -0.188. The van der Waals surface area contributed by atoms with Crippen molar-refractivity contribution in [2.24, 2.45) is 0 Å². The number of thiophene rings is 1. The number of hydrogen-bond acceptors (Lipinski definition) is 5. The molecular weight excluding hydrogens is 312 g/mol. The summed E-state index contributed by atoms with van der Waals surface area (Å²) in [5.41, 5.74) is 0.969. The second kappa shape index (κ2) is 6.51. The summed E-state index contributed by atoms with van der Waals surface area (Å²) in [6, 6.07) is 8.01. The topological polar surface area (TPSA) is 72.2 Å². The molecule has 1 heterocycles. The molecule has 108 valence electrons. The van der Waals surface area contributed by atoms with Gasteiger partial charge in [-0.05, 0) is 29.8 Å². The number of rotatable bonds is 5. The Morgan fingerprint density at radius 1 is 1.38 bits per heavy atom. The van der Waals surface area contributed by atoms with Gasteiger partial charge in [0.05, 0.1) is 14.1 Å². The molecule has 0 atom stereocenters. The van der Waals surface area contributed by atoms with Crippen molar-refractivity contribution in [3.63, 3.8) is 0 Å². The second-order valence-corrected chi connectivity index (χ2v) is 5.80. The number of nitrogens with zero attached hydrogens (tertiary/aromatic N) is 1. The number of nitro benzene ring substituents is 1. The van der Waals surface area contributed by atoms with E-state index in [1.54, 1.807) is 37.4 Å². The lowest BCUT2D eigenvalue weighted by Gasteiger charge is -2.02. The molecule has 1 N–H and O–H groups in total. The van der Waals surface area contributed by atoms with Gasteiger partial charge in [-0.15, -0.1) is 11.3 Å². The lowest BCUT2D eigenvalue weighted by Crippen LogP contribution is -1.96. The van der Waals surface area contributed by atoms with Gasteiger partial charge in [0.25, 0.3) is 5.69 Å². The Balaban J connectivity index is 2.23. The number of ketones is 1. The van der Waals surface area contributed by atoms with E-state index >= 15 is 0 Å². The van der Waals surface area contributed by atoms with Gasteiger partial charge in [-0.3, -0.25) is 14.9 Å². The van der Waals surface area contributed by atoms with Gasteiger partial charge in [0, 0.05) is 13.1 Å². The molecule has 0 spiro atoms. The summed E-state index contributed by atoms with van der Waals surface area (Å²) in [4.78, 5) is 22.9. The van der Waals surface area contributed by atoms with E-state index in [1.807, 2.05) is 0 Å². The maximum absolute atomic E-state index is 11.9. The number of nitrogens with one attached hydrogen (secondary N) is 1. The Hall–Kier alpha value is -2.18. The van der Waals surface area contributed by atoms with E-state index < -0.39 is 4.92 Å². The lowest BCUT2D eigenvalue weighted by atomic mass is 10.1. The van der Waals surface area contributed by atoms with Crippen LogP contribution in [0, 0.1) is 10.1 Å². The first-order chi connectivity index (χ1) is 10.0. The van der Waals surface area contributed by atoms with Crippen LogP contribution in [0.15, 0.2) is 36.4 Å². The van der Waals surface area contributed by atoms with E-state index in [4.69, 9.17) is 11.6 Å². The summed E-state index contributed by atoms with van der Waals surface area (Å²) in [6.45, 7) is 0. The summed E-state index contributed by atoms with van der Waals surface area (Å²) >= 11 is 6.96. The van der Waals surface area contributed by atoms with Crippen molar-refractivity contribution in [2.45, 2.75) is 0 Å². The number of anilines is 1. The van der Waals surface area contributed by atoms with E-state index in [0.717, 1.165) is 0 Å². The maximum atomic E-state index is 11.9. The molecule has 0 aliphatic heterocycles. The molecule has 0 amide bonds. The Morgan fingerprint density at radius 3 is 2.71 bits per heavy atom.